The van der Waals surface area contributed by atoms with Crippen LogP contribution >= 0.6 is 0 Å². The quantitative estimate of drug-likeness (QED) is 0.548. The molecule has 3 rings (SSSR count). The Kier molecular flexibility index (Phi) is 1.67. The second-order valence-corrected chi connectivity index (χ2v) is 6.87. The van der Waals surface area contributed by atoms with Crippen molar-refractivity contribution in [1.29, 1.82) is 0 Å². The molecule has 0 aromatic carbocycles. The van der Waals surface area contributed by atoms with Crippen molar-refractivity contribution in [1.82, 2.24) is 0 Å². The second kappa shape index (κ2) is 2.59. The lowest BCUT2D eigenvalue weighted by atomic mass is 9.84. The second-order valence-electron chi connectivity index (χ2n) is 6.87. The largest absolute Gasteiger partial charge is 0.0799 e. The molecule has 0 saturated heterocycles. The fourth-order valence-electron chi connectivity index (χ4n) is 3.78. The number of rotatable bonds is 0. The molecule has 0 aromatic rings. The summed E-state index contributed by atoms with van der Waals surface area (Å²) in [5.41, 5.74) is 4.38. The lowest BCUT2D eigenvalue weighted by molar-refractivity contribution is 0.388. The molecule has 0 heterocycles. The topological polar surface area (TPSA) is 0 Å². The third-order valence-electron chi connectivity index (χ3n) is 4.86. The van der Waals surface area contributed by atoms with Gasteiger partial charge < -0.3 is 0 Å². The van der Waals surface area contributed by atoms with Crippen LogP contribution in [-0.4, -0.2) is 0 Å². The Bertz CT molecular complexity index is 369. The van der Waals surface area contributed by atoms with Crippen LogP contribution in [0, 0.1) is 22.7 Å². The summed E-state index contributed by atoms with van der Waals surface area (Å²) < 4.78 is 0. The zero-order valence-corrected chi connectivity index (χ0v) is 10.4. The zero-order chi connectivity index (χ0) is 10.8. The standard InChI is InChI=1S/C15H22/c1-10-5-6-13-12(10)9-14(2,3)7-11-8-15(11,13)4/h6,9-11H,5,7-8H2,1-4H3/t10?,11-,15+/m0/s1. The van der Waals surface area contributed by atoms with Crippen molar-refractivity contribution in [3.63, 3.8) is 0 Å². The Morgan fingerprint density at radius 2 is 1.93 bits per heavy atom. The van der Waals surface area contributed by atoms with Crippen LogP contribution < -0.4 is 0 Å². The van der Waals surface area contributed by atoms with Gasteiger partial charge in [-0.1, -0.05) is 39.8 Å². The molecule has 0 bridgehead atoms. The van der Waals surface area contributed by atoms with Crippen molar-refractivity contribution >= 4 is 0 Å². The Labute approximate surface area is 93.5 Å². The normalized spacial score (nSPS) is 46.1. The first-order chi connectivity index (χ1) is 6.92. The van der Waals surface area contributed by atoms with Crippen LogP contribution in [0.3, 0.4) is 0 Å². The van der Waals surface area contributed by atoms with Crippen LogP contribution in [0.2, 0.25) is 0 Å². The average Bonchev–Trinajstić information content (AvgIpc) is 2.59. The highest BCUT2D eigenvalue weighted by Crippen LogP contribution is 2.66. The molecule has 0 nitrogen and oxygen atoms in total. The first-order valence-electron chi connectivity index (χ1n) is 6.36. The van der Waals surface area contributed by atoms with Gasteiger partial charge in [-0.2, -0.15) is 0 Å². The molecule has 3 atom stereocenters. The Balaban J connectivity index is 2.09. The highest BCUT2D eigenvalue weighted by molar-refractivity contribution is 5.48. The smallest absolute Gasteiger partial charge is 0.00439 e. The van der Waals surface area contributed by atoms with E-state index in [9.17, 15) is 0 Å². The van der Waals surface area contributed by atoms with Gasteiger partial charge in [-0.3, -0.25) is 0 Å². The molecule has 15 heavy (non-hydrogen) atoms. The van der Waals surface area contributed by atoms with E-state index in [-0.39, 0.29) is 0 Å². The van der Waals surface area contributed by atoms with E-state index in [1.54, 1.807) is 11.1 Å². The summed E-state index contributed by atoms with van der Waals surface area (Å²) in [6.07, 6.45) is 9.20. The van der Waals surface area contributed by atoms with Crippen molar-refractivity contribution in [3.8, 4) is 0 Å². The van der Waals surface area contributed by atoms with Crippen LogP contribution in [0.5, 0.6) is 0 Å². The molecule has 0 aliphatic heterocycles. The van der Waals surface area contributed by atoms with Crippen LogP contribution in [0.4, 0.5) is 0 Å². The lowest BCUT2D eigenvalue weighted by Crippen LogP contribution is -2.09. The summed E-state index contributed by atoms with van der Waals surface area (Å²) in [4.78, 5) is 0. The van der Waals surface area contributed by atoms with Crippen LogP contribution in [0.1, 0.15) is 47.0 Å². The van der Waals surface area contributed by atoms with E-state index in [1.165, 1.54) is 19.3 Å². The molecule has 0 radical (unpaired) electrons. The predicted molar refractivity (Wildman–Crippen MR) is 64.6 cm³/mol. The molecule has 1 fully saturated rings. The molecular formula is C15H22. The van der Waals surface area contributed by atoms with Gasteiger partial charge in [0, 0.05) is 0 Å². The summed E-state index contributed by atoms with van der Waals surface area (Å²) in [7, 11) is 0. The third-order valence-corrected chi connectivity index (χ3v) is 4.86. The predicted octanol–water partition coefficient (Wildman–Crippen LogP) is 4.34. The first-order valence-corrected chi connectivity index (χ1v) is 6.36. The van der Waals surface area contributed by atoms with Crippen molar-refractivity contribution in [2.45, 2.75) is 47.0 Å². The van der Waals surface area contributed by atoms with E-state index in [0.717, 1.165) is 11.8 Å². The van der Waals surface area contributed by atoms with Gasteiger partial charge in [-0.25, -0.2) is 0 Å². The van der Waals surface area contributed by atoms with Gasteiger partial charge in [0.1, 0.15) is 0 Å². The molecule has 0 amide bonds. The minimum absolute atomic E-state index is 0.423. The van der Waals surface area contributed by atoms with E-state index >= 15 is 0 Å². The van der Waals surface area contributed by atoms with Crippen molar-refractivity contribution in [3.05, 3.63) is 23.3 Å². The Hall–Kier alpha value is -0.520. The maximum absolute atomic E-state index is 2.58. The van der Waals surface area contributed by atoms with Gasteiger partial charge >= 0.3 is 0 Å². The fourth-order valence-corrected chi connectivity index (χ4v) is 3.78. The first kappa shape index (κ1) is 9.69. The summed E-state index contributed by atoms with van der Waals surface area (Å²) in [5.74, 6) is 1.73. The van der Waals surface area contributed by atoms with Gasteiger partial charge in [0.2, 0.25) is 0 Å². The minimum atomic E-state index is 0.423. The maximum Gasteiger partial charge on any atom is -0.00439 e. The van der Waals surface area contributed by atoms with Gasteiger partial charge in [0.05, 0.1) is 0 Å². The number of hydrogen-bond donors (Lipinski definition) is 0. The van der Waals surface area contributed by atoms with E-state index in [1.807, 2.05) is 0 Å². The number of fused-ring (bicyclic) bond motifs is 3. The molecule has 0 aromatic heterocycles. The molecule has 1 saturated carbocycles. The van der Waals surface area contributed by atoms with Crippen molar-refractivity contribution in [2.75, 3.05) is 0 Å². The van der Waals surface area contributed by atoms with Crippen LogP contribution in [-0.2, 0) is 0 Å². The molecule has 0 N–H and O–H groups in total. The van der Waals surface area contributed by atoms with E-state index in [4.69, 9.17) is 0 Å². The van der Waals surface area contributed by atoms with Gasteiger partial charge in [0.25, 0.3) is 0 Å². The summed E-state index contributed by atoms with van der Waals surface area (Å²) in [5, 5.41) is 0. The highest BCUT2D eigenvalue weighted by Gasteiger charge is 2.56. The molecule has 3 aliphatic carbocycles. The van der Waals surface area contributed by atoms with Gasteiger partial charge in [-0.15, -0.1) is 0 Å². The van der Waals surface area contributed by atoms with E-state index in [2.05, 4.69) is 39.8 Å². The van der Waals surface area contributed by atoms with E-state index < -0.39 is 0 Å². The zero-order valence-electron chi connectivity index (χ0n) is 10.4. The number of hydrogen-bond acceptors (Lipinski definition) is 0. The number of allylic oxidation sites excluding steroid dienone is 4. The molecule has 3 aliphatic rings. The summed E-state index contributed by atoms with van der Waals surface area (Å²) in [6.45, 7) is 9.69. The molecule has 1 unspecified atom stereocenters. The molecule has 0 spiro atoms. The van der Waals surface area contributed by atoms with Crippen LogP contribution in [0.15, 0.2) is 23.3 Å². The Morgan fingerprint density at radius 1 is 1.20 bits per heavy atom. The maximum atomic E-state index is 2.58. The van der Waals surface area contributed by atoms with Crippen LogP contribution in [0.25, 0.3) is 0 Å². The summed E-state index contributed by atoms with van der Waals surface area (Å²) >= 11 is 0. The SMILES string of the molecule is CC1CC=C2C1=CC(C)(C)C[C@H]1C[C@@]21C. The van der Waals surface area contributed by atoms with Crippen molar-refractivity contribution < 1.29 is 0 Å². The lowest BCUT2D eigenvalue weighted by Gasteiger charge is -2.21. The molecule has 0 heteroatoms. The third kappa shape index (κ3) is 1.26. The van der Waals surface area contributed by atoms with E-state index in [0.29, 0.717) is 10.8 Å². The van der Waals surface area contributed by atoms with Gasteiger partial charge in [-0.05, 0) is 53.1 Å². The molecular weight excluding hydrogens is 180 g/mol. The summed E-state index contributed by atoms with van der Waals surface area (Å²) in [6, 6.07) is 0. The average molecular weight is 202 g/mol. The minimum Gasteiger partial charge on any atom is -0.0799 e. The highest BCUT2D eigenvalue weighted by atomic mass is 14.6. The Morgan fingerprint density at radius 3 is 2.67 bits per heavy atom. The monoisotopic (exact) mass is 202 g/mol. The fraction of sp³-hybridized carbons (Fsp3) is 0.733. The molecule has 82 valence electrons. The van der Waals surface area contributed by atoms with Gasteiger partial charge in [0.15, 0.2) is 0 Å². The van der Waals surface area contributed by atoms with Crippen molar-refractivity contribution in [2.24, 2.45) is 22.7 Å².